The second-order valence-corrected chi connectivity index (χ2v) is 9.41. The molecule has 0 saturated carbocycles. The summed E-state index contributed by atoms with van der Waals surface area (Å²) in [5.74, 6) is -1.32. The summed E-state index contributed by atoms with van der Waals surface area (Å²) in [6, 6.07) is 8.00. The number of hydrogen-bond acceptors (Lipinski definition) is 8. The van der Waals surface area contributed by atoms with E-state index in [0.29, 0.717) is 28.2 Å². The van der Waals surface area contributed by atoms with Gasteiger partial charge in [-0.15, -0.1) is 0 Å². The van der Waals surface area contributed by atoms with Gasteiger partial charge in [0, 0.05) is 31.3 Å². The third kappa shape index (κ3) is 5.91. The fourth-order valence-electron chi connectivity index (χ4n) is 5.10. The van der Waals surface area contributed by atoms with Crippen molar-refractivity contribution in [1.29, 1.82) is 0 Å². The van der Waals surface area contributed by atoms with Gasteiger partial charge in [0.1, 0.15) is 18.0 Å². The van der Waals surface area contributed by atoms with E-state index in [1.165, 1.54) is 31.3 Å². The molecule has 1 aliphatic heterocycles. The summed E-state index contributed by atoms with van der Waals surface area (Å²) < 4.78 is 30.3. The molecule has 0 fully saturated rings. The van der Waals surface area contributed by atoms with Crippen LogP contribution in [0.4, 0.5) is 4.39 Å². The number of aliphatic hydroxyl groups excluding tert-OH is 3. The fourth-order valence-corrected chi connectivity index (χ4v) is 5.10. The van der Waals surface area contributed by atoms with Gasteiger partial charge in [0.15, 0.2) is 11.5 Å². The van der Waals surface area contributed by atoms with Crippen LogP contribution >= 0.6 is 0 Å². The quantitative estimate of drug-likeness (QED) is 0.329. The lowest BCUT2D eigenvalue weighted by atomic mass is 9.77. The lowest BCUT2D eigenvalue weighted by Crippen LogP contribution is -2.55. The summed E-state index contributed by atoms with van der Waals surface area (Å²) in [5, 5.41) is 33.4. The molecule has 4 atom stereocenters. The third-order valence-electron chi connectivity index (χ3n) is 6.96. The molecule has 10 nitrogen and oxygen atoms in total. The summed E-state index contributed by atoms with van der Waals surface area (Å²) in [5.41, 5.74) is 1.96. The van der Waals surface area contributed by atoms with Crippen LogP contribution in [0.15, 0.2) is 48.0 Å². The Balaban J connectivity index is 1.80. The Hall–Kier alpha value is -3.51. The standard InChI is InChI=1S/C28H33FN2O8/c1-37-10-7-23(34)31(14-16-3-5-18(29)6-4-16)21-13-20(28(36)30-8-9-32)24-19-11-17(15-33)12-22(38-2)26(19)39-27(24)25(21)35/h3-6,11-13,21,24-25,27,32-33,35H,7-10,14-15H2,1-2H3,(H,30,36). The largest absolute Gasteiger partial charge is 0.493 e. The molecule has 11 heteroatoms. The topological polar surface area (TPSA) is 138 Å². The normalized spacial score (nSPS) is 21.3. The monoisotopic (exact) mass is 544 g/mol. The van der Waals surface area contributed by atoms with Crippen molar-refractivity contribution in [2.24, 2.45) is 0 Å². The van der Waals surface area contributed by atoms with Crippen molar-refractivity contribution in [3.63, 3.8) is 0 Å². The number of rotatable bonds is 11. The maximum Gasteiger partial charge on any atom is 0.247 e. The van der Waals surface area contributed by atoms with Crippen LogP contribution in [0.2, 0.25) is 0 Å². The number of ether oxygens (including phenoxy) is 3. The first-order chi connectivity index (χ1) is 18.8. The van der Waals surface area contributed by atoms with Crippen LogP contribution < -0.4 is 14.8 Å². The summed E-state index contributed by atoms with van der Waals surface area (Å²) in [4.78, 5) is 28.2. The van der Waals surface area contributed by atoms with Crippen LogP contribution in [0.1, 0.15) is 29.0 Å². The van der Waals surface area contributed by atoms with Crippen molar-refractivity contribution < 1.29 is 43.5 Å². The first kappa shape index (κ1) is 28.5. The molecule has 2 aromatic rings. The van der Waals surface area contributed by atoms with E-state index in [-0.39, 0.29) is 50.8 Å². The Kier molecular flexibility index (Phi) is 9.18. The number of halogens is 1. The molecule has 0 radical (unpaired) electrons. The van der Waals surface area contributed by atoms with Crippen molar-refractivity contribution in [3.05, 3.63) is 70.6 Å². The first-order valence-corrected chi connectivity index (χ1v) is 12.6. The average Bonchev–Trinajstić information content (AvgIpc) is 3.34. The highest BCUT2D eigenvalue weighted by Gasteiger charge is 2.51. The van der Waals surface area contributed by atoms with E-state index < -0.39 is 35.9 Å². The van der Waals surface area contributed by atoms with E-state index in [1.54, 1.807) is 30.3 Å². The second kappa shape index (κ2) is 12.6. The van der Waals surface area contributed by atoms with E-state index in [0.717, 1.165) is 0 Å². The molecule has 2 aromatic carbocycles. The number of carbonyl (C=O) groups excluding carboxylic acids is 2. The molecule has 210 valence electrons. The molecular weight excluding hydrogens is 511 g/mol. The number of benzene rings is 2. The molecule has 1 aliphatic carbocycles. The number of amides is 2. The van der Waals surface area contributed by atoms with Gasteiger partial charge in [-0.05, 0) is 41.5 Å². The lowest BCUT2D eigenvalue weighted by molar-refractivity contribution is -0.139. The molecule has 0 bridgehead atoms. The van der Waals surface area contributed by atoms with Gasteiger partial charge in [-0.1, -0.05) is 12.1 Å². The Morgan fingerprint density at radius 2 is 1.87 bits per heavy atom. The number of fused-ring (bicyclic) bond motifs is 3. The minimum atomic E-state index is -1.26. The highest BCUT2D eigenvalue weighted by atomic mass is 19.1. The van der Waals surface area contributed by atoms with E-state index in [9.17, 15) is 29.3 Å². The minimum absolute atomic E-state index is 0.000554. The predicted octanol–water partition coefficient (Wildman–Crippen LogP) is 1.01. The van der Waals surface area contributed by atoms with Crippen molar-refractivity contribution in [3.8, 4) is 11.5 Å². The molecule has 4 N–H and O–H groups in total. The molecule has 0 aromatic heterocycles. The molecule has 0 saturated heterocycles. The van der Waals surface area contributed by atoms with E-state index in [1.807, 2.05) is 0 Å². The maximum atomic E-state index is 13.5. The van der Waals surface area contributed by atoms with Crippen molar-refractivity contribution in [2.45, 2.75) is 43.7 Å². The SMILES string of the molecule is COCCC(=O)N(Cc1ccc(F)cc1)C1C=C(C(=O)NCCO)C2c3cc(CO)cc(OC)c3OC2C1O. The smallest absolute Gasteiger partial charge is 0.247 e. The van der Waals surface area contributed by atoms with Gasteiger partial charge in [0.25, 0.3) is 0 Å². The zero-order chi connectivity index (χ0) is 28.1. The van der Waals surface area contributed by atoms with Crippen LogP contribution in [-0.4, -0.2) is 84.3 Å². The van der Waals surface area contributed by atoms with E-state index >= 15 is 0 Å². The number of aliphatic hydroxyl groups is 3. The van der Waals surface area contributed by atoms with Crippen LogP contribution in [0.25, 0.3) is 0 Å². The predicted molar refractivity (Wildman–Crippen MR) is 137 cm³/mol. The van der Waals surface area contributed by atoms with Crippen molar-refractivity contribution in [2.75, 3.05) is 34.0 Å². The van der Waals surface area contributed by atoms with Gasteiger partial charge < -0.3 is 39.7 Å². The highest BCUT2D eigenvalue weighted by Crippen LogP contribution is 2.51. The Morgan fingerprint density at radius 3 is 2.51 bits per heavy atom. The maximum absolute atomic E-state index is 13.5. The molecule has 0 spiro atoms. The summed E-state index contributed by atoms with van der Waals surface area (Å²) in [7, 11) is 2.92. The van der Waals surface area contributed by atoms with Crippen LogP contribution in [-0.2, 0) is 27.5 Å². The van der Waals surface area contributed by atoms with Crippen molar-refractivity contribution >= 4 is 11.8 Å². The minimum Gasteiger partial charge on any atom is -0.493 e. The van der Waals surface area contributed by atoms with Gasteiger partial charge >= 0.3 is 0 Å². The number of nitrogens with one attached hydrogen (secondary N) is 1. The molecule has 4 rings (SSSR count). The van der Waals surface area contributed by atoms with Crippen LogP contribution in [0.3, 0.4) is 0 Å². The number of nitrogens with zero attached hydrogens (tertiary/aromatic N) is 1. The third-order valence-corrected chi connectivity index (χ3v) is 6.96. The zero-order valence-electron chi connectivity index (χ0n) is 21.8. The number of hydrogen-bond donors (Lipinski definition) is 4. The van der Waals surface area contributed by atoms with Gasteiger partial charge in [0.2, 0.25) is 11.8 Å². The summed E-state index contributed by atoms with van der Waals surface area (Å²) in [6.07, 6.45) is -0.655. The zero-order valence-corrected chi connectivity index (χ0v) is 21.8. The highest BCUT2D eigenvalue weighted by molar-refractivity contribution is 5.96. The Bertz CT molecular complexity index is 1220. The van der Waals surface area contributed by atoms with Gasteiger partial charge in [0.05, 0.1) is 45.3 Å². The molecule has 4 unspecified atom stereocenters. The van der Waals surface area contributed by atoms with Crippen LogP contribution in [0.5, 0.6) is 11.5 Å². The van der Waals surface area contributed by atoms with E-state index in [4.69, 9.17) is 14.2 Å². The molecular formula is C28H33FN2O8. The molecule has 2 amide bonds. The Morgan fingerprint density at radius 1 is 1.13 bits per heavy atom. The van der Waals surface area contributed by atoms with Gasteiger partial charge in [-0.2, -0.15) is 0 Å². The molecule has 2 aliphatic rings. The lowest BCUT2D eigenvalue weighted by Gasteiger charge is -2.40. The number of carbonyl (C=O) groups is 2. The average molecular weight is 545 g/mol. The van der Waals surface area contributed by atoms with Gasteiger partial charge in [-0.3, -0.25) is 9.59 Å². The first-order valence-electron chi connectivity index (χ1n) is 12.6. The van der Waals surface area contributed by atoms with Crippen molar-refractivity contribution in [1.82, 2.24) is 10.2 Å². The fraction of sp³-hybridized carbons (Fsp3) is 0.429. The second-order valence-electron chi connectivity index (χ2n) is 9.41. The van der Waals surface area contributed by atoms with E-state index in [2.05, 4.69) is 5.32 Å². The Labute approximate surface area is 225 Å². The summed E-state index contributed by atoms with van der Waals surface area (Å²) >= 11 is 0. The summed E-state index contributed by atoms with van der Waals surface area (Å²) in [6.45, 7) is -0.373. The van der Waals surface area contributed by atoms with Gasteiger partial charge in [-0.25, -0.2) is 4.39 Å². The number of methoxy groups -OCH3 is 2. The molecule has 39 heavy (non-hydrogen) atoms. The van der Waals surface area contributed by atoms with Crippen LogP contribution in [0, 0.1) is 5.82 Å². The molecule has 1 heterocycles.